The minimum Gasteiger partial charge on any atom is -0.396 e. The molecule has 0 spiro atoms. The predicted octanol–water partition coefficient (Wildman–Crippen LogP) is 4.29. The molecule has 29 heavy (non-hydrogen) atoms. The topological polar surface area (TPSA) is 95.7 Å². The Morgan fingerprint density at radius 2 is 2.10 bits per heavy atom. The number of pyridine rings is 1. The molecule has 1 aliphatic carbocycles. The zero-order valence-corrected chi connectivity index (χ0v) is 18.2. The summed E-state index contributed by atoms with van der Waals surface area (Å²) in [5, 5.41) is 12.3. The Hall–Kier alpha value is -1.88. The molecule has 3 N–H and O–H groups in total. The van der Waals surface area contributed by atoms with Crippen molar-refractivity contribution >= 4 is 60.3 Å². The highest BCUT2D eigenvalue weighted by molar-refractivity contribution is 9.10. The van der Waals surface area contributed by atoms with E-state index in [0.717, 1.165) is 0 Å². The summed E-state index contributed by atoms with van der Waals surface area (Å²) in [6, 6.07) is 4.45. The highest BCUT2D eigenvalue weighted by atomic mass is 79.9. The molecule has 7 nitrogen and oxygen atoms in total. The van der Waals surface area contributed by atoms with Crippen molar-refractivity contribution in [2.75, 3.05) is 16.6 Å². The molecule has 2 aromatic heterocycles. The third-order valence-electron chi connectivity index (χ3n) is 5.00. The number of benzene rings is 1. The number of sulfonamides is 1. The van der Waals surface area contributed by atoms with Crippen LogP contribution < -0.4 is 10.0 Å². The van der Waals surface area contributed by atoms with Crippen LogP contribution in [0.5, 0.6) is 0 Å². The fourth-order valence-electron chi connectivity index (χ4n) is 3.20. The smallest absolute Gasteiger partial charge is 0.238 e. The summed E-state index contributed by atoms with van der Waals surface area (Å²) in [6.07, 6.45) is 5.76. The second kappa shape index (κ2) is 7.42. The number of halogens is 3. The number of hydrogen-bond acceptors (Lipinski definition) is 5. The molecule has 1 aliphatic rings. The van der Waals surface area contributed by atoms with E-state index >= 15 is 0 Å². The van der Waals surface area contributed by atoms with Crippen LogP contribution in [0.3, 0.4) is 0 Å². The Kier molecular flexibility index (Phi) is 5.22. The normalized spacial score (nSPS) is 15.4. The van der Waals surface area contributed by atoms with Crippen LogP contribution in [0.15, 0.2) is 41.3 Å². The van der Waals surface area contributed by atoms with Gasteiger partial charge in [-0.05, 0) is 37.5 Å². The van der Waals surface area contributed by atoms with Crippen molar-refractivity contribution in [3.8, 4) is 0 Å². The molecule has 154 valence electrons. The van der Waals surface area contributed by atoms with Gasteiger partial charge in [0, 0.05) is 29.7 Å². The first-order valence-electron chi connectivity index (χ1n) is 8.77. The molecule has 2 heterocycles. The molecule has 1 saturated carbocycles. The second-order valence-electron chi connectivity index (χ2n) is 6.90. The fraction of sp³-hybridized carbons (Fsp3) is 0.278. The van der Waals surface area contributed by atoms with E-state index in [0.29, 0.717) is 23.0 Å². The van der Waals surface area contributed by atoms with Crippen LogP contribution in [0.1, 0.15) is 19.3 Å². The number of rotatable bonds is 7. The van der Waals surface area contributed by atoms with E-state index in [1.807, 2.05) is 0 Å². The van der Waals surface area contributed by atoms with Gasteiger partial charge in [0.2, 0.25) is 10.0 Å². The molecule has 1 aromatic carbocycles. The van der Waals surface area contributed by atoms with E-state index in [9.17, 15) is 17.9 Å². The van der Waals surface area contributed by atoms with Crippen molar-refractivity contribution in [1.29, 1.82) is 0 Å². The molecule has 1 fully saturated rings. The third-order valence-corrected chi connectivity index (χ3v) is 8.09. The molecule has 11 heteroatoms. The van der Waals surface area contributed by atoms with Crippen molar-refractivity contribution in [3.63, 3.8) is 0 Å². The summed E-state index contributed by atoms with van der Waals surface area (Å²) in [5.41, 5.74) is 0.871. The molecule has 4 rings (SSSR count). The van der Waals surface area contributed by atoms with Gasteiger partial charge in [0.05, 0.1) is 21.8 Å². The molecular weight excluding hydrogens is 487 g/mol. The van der Waals surface area contributed by atoms with Gasteiger partial charge in [-0.2, -0.15) is 0 Å². The number of aromatic nitrogens is 2. The maximum Gasteiger partial charge on any atom is 0.238 e. The van der Waals surface area contributed by atoms with Crippen LogP contribution in [0.2, 0.25) is 5.02 Å². The lowest BCUT2D eigenvalue weighted by Gasteiger charge is -2.20. The van der Waals surface area contributed by atoms with Gasteiger partial charge < -0.3 is 14.8 Å². The van der Waals surface area contributed by atoms with Crippen molar-refractivity contribution in [3.05, 3.63) is 52.1 Å². The summed E-state index contributed by atoms with van der Waals surface area (Å²) in [5.74, 6) is -0.536. The van der Waals surface area contributed by atoms with Crippen LogP contribution in [-0.2, 0) is 10.0 Å². The highest BCUT2D eigenvalue weighted by Gasteiger charge is 2.54. The number of aliphatic hydroxyl groups excluding tert-OH is 1. The molecule has 0 amide bonds. The Morgan fingerprint density at radius 3 is 2.76 bits per heavy atom. The standard InChI is InChI=1S/C18H17BrClFN4O3S/c19-11-1-2-13(12(21)9-11)23-16-14(10-25-7-6-22-17(25)15(16)20)24-29(27,28)18(3-4-18)5-8-26/h1-2,6-7,9-10,23-24,26H,3-5,8H2. The van der Waals surface area contributed by atoms with Crippen LogP contribution >= 0.6 is 27.5 Å². The predicted molar refractivity (Wildman–Crippen MR) is 114 cm³/mol. The number of aliphatic hydroxyl groups is 1. The van der Waals surface area contributed by atoms with Crippen molar-refractivity contribution in [1.82, 2.24) is 9.38 Å². The lowest BCUT2D eigenvalue weighted by atomic mass is 10.2. The quantitative estimate of drug-likeness (QED) is 0.447. The first kappa shape index (κ1) is 20.4. The molecule has 0 bridgehead atoms. The van der Waals surface area contributed by atoms with Gasteiger partial charge in [0.25, 0.3) is 0 Å². The summed E-state index contributed by atoms with van der Waals surface area (Å²) in [7, 11) is -3.81. The van der Waals surface area contributed by atoms with E-state index in [2.05, 4.69) is 31.0 Å². The third kappa shape index (κ3) is 3.70. The lowest BCUT2D eigenvalue weighted by Crippen LogP contribution is -2.31. The first-order valence-corrected chi connectivity index (χ1v) is 11.4. The minimum absolute atomic E-state index is 0.128. The van der Waals surface area contributed by atoms with Gasteiger partial charge in [0.15, 0.2) is 5.65 Å². The van der Waals surface area contributed by atoms with Crippen molar-refractivity contribution < 1.29 is 17.9 Å². The van der Waals surface area contributed by atoms with E-state index in [-0.39, 0.29) is 35.1 Å². The largest absolute Gasteiger partial charge is 0.396 e. The number of anilines is 3. The van der Waals surface area contributed by atoms with Gasteiger partial charge in [-0.1, -0.05) is 27.5 Å². The summed E-state index contributed by atoms with van der Waals surface area (Å²) in [6.45, 7) is -0.225. The van der Waals surface area contributed by atoms with Crippen LogP contribution in [-0.4, -0.2) is 34.3 Å². The SMILES string of the molecule is O=S(=O)(Nc1cn2ccnc2c(Cl)c1Nc1ccc(Br)cc1F)C1(CCO)CC1. The summed E-state index contributed by atoms with van der Waals surface area (Å²) >= 11 is 9.69. The Labute approximate surface area is 180 Å². The van der Waals surface area contributed by atoms with Crippen LogP contribution in [0.4, 0.5) is 21.5 Å². The number of imidazole rings is 1. The van der Waals surface area contributed by atoms with Gasteiger partial charge in [-0.15, -0.1) is 0 Å². The average Bonchev–Trinajstić information content (AvgIpc) is 3.30. The molecule has 0 aliphatic heterocycles. The maximum atomic E-state index is 14.4. The molecule has 0 radical (unpaired) electrons. The maximum absolute atomic E-state index is 14.4. The minimum atomic E-state index is -3.81. The zero-order valence-electron chi connectivity index (χ0n) is 15.0. The van der Waals surface area contributed by atoms with Crippen molar-refractivity contribution in [2.45, 2.75) is 24.0 Å². The number of nitrogens with zero attached hydrogens (tertiary/aromatic N) is 2. The van der Waals surface area contributed by atoms with E-state index in [4.69, 9.17) is 11.6 Å². The van der Waals surface area contributed by atoms with E-state index in [1.165, 1.54) is 24.5 Å². The fourth-order valence-corrected chi connectivity index (χ4v) is 5.48. The molecular formula is C18H17BrClFN4O3S. The Morgan fingerprint density at radius 1 is 1.34 bits per heavy atom. The van der Waals surface area contributed by atoms with Crippen LogP contribution in [0, 0.1) is 5.82 Å². The second-order valence-corrected chi connectivity index (χ2v) is 10.3. The highest BCUT2D eigenvalue weighted by Crippen LogP contribution is 2.48. The number of nitrogens with one attached hydrogen (secondary N) is 2. The van der Waals surface area contributed by atoms with Gasteiger partial charge >= 0.3 is 0 Å². The molecule has 0 atom stereocenters. The Bertz CT molecular complexity index is 1200. The van der Waals surface area contributed by atoms with E-state index in [1.54, 1.807) is 16.7 Å². The van der Waals surface area contributed by atoms with Crippen LogP contribution in [0.25, 0.3) is 5.65 Å². The zero-order chi connectivity index (χ0) is 20.8. The van der Waals surface area contributed by atoms with Gasteiger partial charge in [-0.25, -0.2) is 17.8 Å². The van der Waals surface area contributed by atoms with Crippen molar-refractivity contribution in [2.24, 2.45) is 0 Å². The molecule has 3 aromatic rings. The molecule has 0 saturated heterocycles. The lowest BCUT2D eigenvalue weighted by molar-refractivity contribution is 0.283. The summed E-state index contributed by atoms with van der Waals surface area (Å²) < 4.78 is 44.0. The van der Waals surface area contributed by atoms with Gasteiger partial charge in [-0.3, -0.25) is 4.72 Å². The Balaban J connectivity index is 1.79. The average molecular weight is 504 g/mol. The van der Waals surface area contributed by atoms with Gasteiger partial charge in [0.1, 0.15) is 10.8 Å². The van der Waals surface area contributed by atoms with E-state index < -0.39 is 20.6 Å². The number of fused-ring (bicyclic) bond motifs is 1. The molecule has 0 unspecified atom stereocenters. The summed E-state index contributed by atoms with van der Waals surface area (Å²) in [4.78, 5) is 4.16. The monoisotopic (exact) mass is 502 g/mol. The first-order chi connectivity index (χ1) is 13.8. The number of hydrogen-bond donors (Lipinski definition) is 3.